The lowest BCUT2D eigenvalue weighted by atomic mass is 10.0. The van der Waals surface area contributed by atoms with Crippen LogP contribution in [-0.2, 0) is 6.54 Å². The van der Waals surface area contributed by atoms with Crippen molar-refractivity contribution in [2.75, 3.05) is 14.2 Å². The first-order valence-electron chi connectivity index (χ1n) is 9.76. The molecule has 2 aromatic carbocycles. The van der Waals surface area contributed by atoms with Crippen LogP contribution in [0.15, 0.2) is 70.3 Å². The van der Waals surface area contributed by atoms with Gasteiger partial charge >= 0.3 is 0 Å². The number of methoxy groups -OCH3 is 2. The van der Waals surface area contributed by atoms with Gasteiger partial charge in [0.2, 0.25) is 0 Å². The van der Waals surface area contributed by atoms with Crippen LogP contribution in [0.25, 0.3) is 22.3 Å². The molecule has 0 amide bonds. The number of benzene rings is 2. The largest absolute Gasteiger partial charge is 0.493 e. The van der Waals surface area contributed by atoms with Crippen molar-refractivity contribution >= 4 is 11.0 Å². The van der Waals surface area contributed by atoms with Crippen molar-refractivity contribution in [1.82, 2.24) is 4.98 Å². The number of nitrogens with zero attached hydrogens (tertiary/aromatic N) is 2. The van der Waals surface area contributed by atoms with E-state index < -0.39 is 0 Å². The van der Waals surface area contributed by atoms with Gasteiger partial charge in [-0.05, 0) is 60.9 Å². The quantitative estimate of drug-likeness (QED) is 0.460. The molecule has 0 saturated carbocycles. The third kappa shape index (κ3) is 3.92. The van der Waals surface area contributed by atoms with Gasteiger partial charge in [-0.1, -0.05) is 12.1 Å². The lowest BCUT2D eigenvalue weighted by molar-refractivity contribution is 0.355. The summed E-state index contributed by atoms with van der Waals surface area (Å²) in [5, 5.41) is 1.91. The first-order valence-corrected chi connectivity index (χ1v) is 9.76. The highest BCUT2D eigenvalue weighted by molar-refractivity contribution is 5.82. The van der Waals surface area contributed by atoms with Gasteiger partial charge in [-0.2, -0.15) is 0 Å². The van der Waals surface area contributed by atoms with Crippen molar-refractivity contribution in [3.8, 4) is 22.8 Å². The van der Waals surface area contributed by atoms with Crippen molar-refractivity contribution in [3.05, 3.63) is 83.0 Å². The van der Waals surface area contributed by atoms with Gasteiger partial charge in [0, 0.05) is 29.4 Å². The highest BCUT2D eigenvalue weighted by Crippen LogP contribution is 2.33. The summed E-state index contributed by atoms with van der Waals surface area (Å²) < 4.78 is 17.1. The topological polar surface area (TPSA) is 56.9 Å². The summed E-state index contributed by atoms with van der Waals surface area (Å²) in [6.07, 6.45) is 3.60. The summed E-state index contributed by atoms with van der Waals surface area (Å²) in [6, 6.07) is 15.9. The number of rotatable bonds is 5. The van der Waals surface area contributed by atoms with Gasteiger partial charge in [0.05, 0.1) is 26.1 Å². The number of fused-ring (bicyclic) bond motifs is 1. The number of hydrogen-bond acceptors (Lipinski definition) is 5. The molecule has 0 N–H and O–H groups in total. The Bertz CT molecular complexity index is 1260. The summed E-state index contributed by atoms with van der Waals surface area (Å²) in [5.74, 6) is 2.05. The molecule has 0 spiro atoms. The Kier molecular flexibility index (Phi) is 5.53. The van der Waals surface area contributed by atoms with Crippen LogP contribution in [0, 0.1) is 13.8 Å². The van der Waals surface area contributed by atoms with Crippen LogP contribution >= 0.6 is 0 Å². The maximum Gasteiger partial charge on any atom is 0.161 e. The summed E-state index contributed by atoms with van der Waals surface area (Å²) in [7, 11) is 3.25. The van der Waals surface area contributed by atoms with Gasteiger partial charge in [0.15, 0.2) is 11.5 Å². The van der Waals surface area contributed by atoms with E-state index in [1.807, 2.05) is 42.6 Å². The van der Waals surface area contributed by atoms with Crippen molar-refractivity contribution in [2.45, 2.75) is 20.4 Å². The van der Waals surface area contributed by atoms with Crippen LogP contribution in [0.3, 0.4) is 0 Å². The SMILES string of the molecule is COc1ccc(-c2cc(=NCc3cccnc3)c3c(C)cc(C)cc3o2)cc1OC. The molecule has 0 fully saturated rings. The molecule has 2 heterocycles. The van der Waals surface area contributed by atoms with E-state index in [0.717, 1.165) is 44.3 Å². The molecule has 0 saturated heterocycles. The zero-order chi connectivity index (χ0) is 21.1. The molecule has 5 heteroatoms. The molecule has 152 valence electrons. The van der Waals surface area contributed by atoms with Gasteiger partial charge in [-0.3, -0.25) is 9.98 Å². The molecule has 0 aliphatic rings. The first kappa shape index (κ1) is 19.7. The Hall–Kier alpha value is -3.60. The smallest absolute Gasteiger partial charge is 0.161 e. The zero-order valence-corrected chi connectivity index (χ0v) is 17.6. The van der Waals surface area contributed by atoms with Crippen LogP contribution in [0.2, 0.25) is 0 Å². The average Bonchev–Trinajstić information content (AvgIpc) is 2.77. The van der Waals surface area contributed by atoms with Crippen LogP contribution < -0.4 is 14.8 Å². The van der Waals surface area contributed by atoms with Crippen molar-refractivity contribution in [2.24, 2.45) is 4.99 Å². The Morgan fingerprint density at radius 3 is 2.53 bits per heavy atom. The van der Waals surface area contributed by atoms with Crippen molar-refractivity contribution in [3.63, 3.8) is 0 Å². The normalized spacial score (nSPS) is 11.7. The number of pyridine rings is 1. The molecule has 0 radical (unpaired) electrons. The minimum Gasteiger partial charge on any atom is -0.493 e. The molecule has 4 rings (SSSR count). The van der Waals surface area contributed by atoms with Gasteiger partial charge < -0.3 is 13.9 Å². The van der Waals surface area contributed by atoms with Crippen LogP contribution in [0.5, 0.6) is 11.5 Å². The second-order valence-corrected chi connectivity index (χ2v) is 7.20. The predicted octanol–water partition coefficient (Wildman–Crippen LogP) is 5.23. The molecule has 0 aliphatic heterocycles. The highest BCUT2D eigenvalue weighted by atomic mass is 16.5. The summed E-state index contributed by atoms with van der Waals surface area (Å²) >= 11 is 0. The fraction of sp³-hybridized carbons (Fsp3) is 0.200. The Morgan fingerprint density at radius 1 is 0.967 bits per heavy atom. The molecule has 0 bridgehead atoms. The molecule has 4 aromatic rings. The number of aromatic nitrogens is 1. The summed E-state index contributed by atoms with van der Waals surface area (Å²) in [5.41, 5.74) is 5.05. The van der Waals surface area contributed by atoms with E-state index >= 15 is 0 Å². The lowest BCUT2D eigenvalue weighted by Gasteiger charge is -2.11. The van der Waals surface area contributed by atoms with E-state index in [1.165, 1.54) is 0 Å². The third-order valence-electron chi connectivity index (χ3n) is 5.01. The zero-order valence-electron chi connectivity index (χ0n) is 17.6. The standard InChI is InChI=1S/C25H24N2O3/c1-16-10-17(2)25-20(27-15-18-6-5-9-26-14-18)13-22(30-24(25)11-16)19-7-8-21(28-3)23(12-19)29-4/h5-14H,15H2,1-4H3. The highest BCUT2D eigenvalue weighted by Gasteiger charge is 2.12. The molecule has 2 aromatic heterocycles. The van der Waals surface area contributed by atoms with E-state index in [0.29, 0.717) is 18.0 Å². The molecular weight excluding hydrogens is 376 g/mol. The number of aryl methyl sites for hydroxylation is 2. The van der Waals surface area contributed by atoms with Gasteiger partial charge in [0.25, 0.3) is 0 Å². The molecule has 5 nitrogen and oxygen atoms in total. The minimum absolute atomic E-state index is 0.547. The summed E-state index contributed by atoms with van der Waals surface area (Å²) in [4.78, 5) is 9.09. The van der Waals surface area contributed by atoms with E-state index in [4.69, 9.17) is 18.9 Å². The third-order valence-corrected chi connectivity index (χ3v) is 5.01. The lowest BCUT2D eigenvalue weighted by Crippen LogP contribution is -2.07. The van der Waals surface area contributed by atoms with E-state index in [1.54, 1.807) is 20.4 Å². The maximum absolute atomic E-state index is 6.31. The Balaban J connectivity index is 1.92. The average molecular weight is 400 g/mol. The minimum atomic E-state index is 0.547. The van der Waals surface area contributed by atoms with Crippen molar-refractivity contribution in [1.29, 1.82) is 0 Å². The molecule has 0 atom stereocenters. The second kappa shape index (κ2) is 8.41. The second-order valence-electron chi connectivity index (χ2n) is 7.20. The Morgan fingerprint density at radius 2 is 1.80 bits per heavy atom. The number of hydrogen-bond donors (Lipinski definition) is 0. The van der Waals surface area contributed by atoms with Gasteiger partial charge in [-0.25, -0.2) is 0 Å². The van der Waals surface area contributed by atoms with Gasteiger partial charge in [-0.15, -0.1) is 0 Å². The molecule has 30 heavy (non-hydrogen) atoms. The Labute approximate surface area is 175 Å². The summed E-state index contributed by atoms with van der Waals surface area (Å²) in [6.45, 7) is 4.70. The van der Waals surface area contributed by atoms with E-state index in [-0.39, 0.29) is 0 Å². The number of ether oxygens (including phenoxy) is 2. The fourth-order valence-corrected chi connectivity index (χ4v) is 3.61. The monoisotopic (exact) mass is 400 g/mol. The van der Waals surface area contributed by atoms with Crippen LogP contribution in [-0.4, -0.2) is 19.2 Å². The van der Waals surface area contributed by atoms with Crippen LogP contribution in [0.1, 0.15) is 16.7 Å². The van der Waals surface area contributed by atoms with E-state index in [9.17, 15) is 0 Å². The molecular formula is C25H24N2O3. The van der Waals surface area contributed by atoms with Crippen LogP contribution in [0.4, 0.5) is 0 Å². The maximum atomic E-state index is 6.31. The molecule has 0 unspecified atom stereocenters. The molecule has 0 aliphatic carbocycles. The fourth-order valence-electron chi connectivity index (χ4n) is 3.61. The van der Waals surface area contributed by atoms with E-state index in [2.05, 4.69) is 31.0 Å². The van der Waals surface area contributed by atoms with Crippen molar-refractivity contribution < 1.29 is 13.9 Å². The first-order chi connectivity index (χ1) is 14.6. The predicted molar refractivity (Wildman–Crippen MR) is 118 cm³/mol. The van der Waals surface area contributed by atoms with Gasteiger partial charge in [0.1, 0.15) is 11.3 Å².